The third-order valence-electron chi connectivity index (χ3n) is 2.41. The van der Waals surface area contributed by atoms with Crippen LogP contribution in [0.15, 0.2) is 23.6 Å². The molecule has 6 heteroatoms. The second kappa shape index (κ2) is 5.71. The molecule has 1 aromatic carbocycles. The number of nitrogen functional groups attached to an aromatic ring is 1. The van der Waals surface area contributed by atoms with Crippen molar-refractivity contribution >= 4 is 28.1 Å². The van der Waals surface area contributed by atoms with Gasteiger partial charge < -0.3 is 15.8 Å². The molecular weight excluding hydrogens is 262 g/mol. The number of amides is 1. The maximum absolute atomic E-state index is 11.2. The normalized spacial score (nSPS) is 10.2. The molecule has 0 fully saturated rings. The summed E-state index contributed by atoms with van der Waals surface area (Å²) in [6, 6.07) is 5.55. The highest BCUT2D eigenvalue weighted by molar-refractivity contribution is 7.13. The Morgan fingerprint density at radius 3 is 2.89 bits per heavy atom. The highest BCUT2D eigenvalue weighted by Gasteiger charge is 2.09. The van der Waals surface area contributed by atoms with E-state index in [0.717, 1.165) is 11.3 Å². The van der Waals surface area contributed by atoms with Crippen molar-refractivity contribution in [2.24, 2.45) is 0 Å². The van der Waals surface area contributed by atoms with Gasteiger partial charge in [0.05, 0.1) is 18.0 Å². The third-order valence-corrected chi connectivity index (χ3v) is 3.08. The van der Waals surface area contributed by atoms with Crippen LogP contribution in [0.3, 0.4) is 0 Å². The first-order chi connectivity index (χ1) is 9.10. The second-order valence-corrected chi connectivity index (χ2v) is 4.79. The number of carbonyl (C=O) groups is 1. The molecule has 1 amide bonds. The Balaban J connectivity index is 2.39. The summed E-state index contributed by atoms with van der Waals surface area (Å²) in [4.78, 5) is 15.4. The molecule has 2 aromatic rings. The van der Waals surface area contributed by atoms with Crippen molar-refractivity contribution < 1.29 is 9.53 Å². The van der Waals surface area contributed by atoms with Crippen molar-refractivity contribution in [3.05, 3.63) is 23.6 Å². The fraction of sp³-hybridized carbons (Fsp3) is 0.231. The van der Waals surface area contributed by atoms with Crippen LogP contribution in [0.5, 0.6) is 5.75 Å². The van der Waals surface area contributed by atoms with E-state index >= 15 is 0 Å². The predicted molar refractivity (Wildman–Crippen MR) is 77.4 cm³/mol. The number of thiazole rings is 1. The molecule has 5 nitrogen and oxygen atoms in total. The molecule has 0 aliphatic rings. The van der Waals surface area contributed by atoms with Crippen LogP contribution in [0.25, 0.3) is 11.3 Å². The average molecular weight is 277 g/mol. The predicted octanol–water partition coefficient (Wildman–Crippen LogP) is 2.75. The largest absolute Gasteiger partial charge is 0.492 e. The summed E-state index contributed by atoms with van der Waals surface area (Å²) in [5.41, 5.74) is 7.94. The van der Waals surface area contributed by atoms with Crippen LogP contribution >= 0.6 is 11.3 Å². The van der Waals surface area contributed by atoms with Crippen LogP contribution in [0, 0.1) is 0 Å². The fourth-order valence-electron chi connectivity index (χ4n) is 1.68. The minimum absolute atomic E-state index is 0.143. The first-order valence-corrected chi connectivity index (χ1v) is 6.74. The highest BCUT2D eigenvalue weighted by Crippen LogP contribution is 2.31. The van der Waals surface area contributed by atoms with Gasteiger partial charge in [-0.05, 0) is 25.1 Å². The first-order valence-electron chi connectivity index (χ1n) is 5.86. The Hall–Kier alpha value is -2.08. The van der Waals surface area contributed by atoms with Crippen molar-refractivity contribution in [3.63, 3.8) is 0 Å². The van der Waals surface area contributed by atoms with E-state index in [-0.39, 0.29) is 5.91 Å². The van der Waals surface area contributed by atoms with Crippen LogP contribution in [-0.4, -0.2) is 17.5 Å². The quantitative estimate of drug-likeness (QED) is 0.900. The number of hydrogen-bond acceptors (Lipinski definition) is 5. The van der Waals surface area contributed by atoms with Crippen LogP contribution in [0.1, 0.15) is 13.8 Å². The van der Waals surface area contributed by atoms with Gasteiger partial charge in [0.25, 0.3) is 0 Å². The minimum atomic E-state index is -0.143. The molecule has 3 N–H and O–H groups in total. The van der Waals surface area contributed by atoms with Gasteiger partial charge in [-0.15, -0.1) is 11.3 Å². The van der Waals surface area contributed by atoms with Crippen molar-refractivity contribution in [2.75, 3.05) is 17.7 Å². The van der Waals surface area contributed by atoms with Crippen molar-refractivity contribution in [2.45, 2.75) is 13.8 Å². The Morgan fingerprint density at radius 2 is 2.32 bits per heavy atom. The summed E-state index contributed by atoms with van der Waals surface area (Å²) < 4.78 is 5.48. The summed E-state index contributed by atoms with van der Waals surface area (Å²) in [6.45, 7) is 3.89. The molecule has 0 radical (unpaired) electrons. The molecule has 0 unspecified atom stereocenters. The van der Waals surface area contributed by atoms with Gasteiger partial charge in [-0.2, -0.15) is 0 Å². The molecule has 19 heavy (non-hydrogen) atoms. The molecule has 100 valence electrons. The summed E-state index contributed by atoms with van der Waals surface area (Å²) >= 11 is 1.38. The smallest absolute Gasteiger partial charge is 0.221 e. The lowest BCUT2D eigenvalue weighted by Gasteiger charge is -2.11. The van der Waals surface area contributed by atoms with E-state index in [1.54, 1.807) is 0 Å². The molecular formula is C13H15N3O2S. The highest BCUT2D eigenvalue weighted by atomic mass is 32.1. The number of nitrogens with zero attached hydrogens (tertiary/aromatic N) is 1. The zero-order valence-electron chi connectivity index (χ0n) is 10.8. The molecule has 1 heterocycles. The fourth-order valence-corrected chi connectivity index (χ4v) is 2.25. The molecule has 1 aromatic heterocycles. The van der Waals surface area contributed by atoms with Gasteiger partial charge in [0.15, 0.2) is 5.13 Å². The van der Waals surface area contributed by atoms with E-state index in [9.17, 15) is 4.79 Å². The number of aromatic nitrogens is 1. The summed E-state index contributed by atoms with van der Waals surface area (Å²) in [6.07, 6.45) is 0. The van der Waals surface area contributed by atoms with Crippen LogP contribution in [0.4, 0.5) is 10.8 Å². The molecule has 0 atom stereocenters. The third kappa shape index (κ3) is 3.23. The maximum Gasteiger partial charge on any atom is 0.221 e. The van der Waals surface area contributed by atoms with Crippen LogP contribution in [0.2, 0.25) is 0 Å². The van der Waals surface area contributed by atoms with E-state index in [2.05, 4.69) is 10.3 Å². The van der Waals surface area contributed by atoms with E-state index in [4.69, 9.17) is 10.5 Å². The number of carbonyl (C=O) groups excluding carboxylic acids is 1. The van der Waals surface area contributed by atoms with Gasteiger partial charge in [-0.3, -0.25) is 4.79 Å². The van der Waals surface area contributed by atoms with Gasteiger partial charge in [-0.25, -0.2) is 4.98 Å². The lowest BCUT2D eigenvalue weighted by molar-refractivity contribution is -0.114. The number of nitrogens with two attached hydrogens (primary N) is 1. The lowest BCUT2D eigenvalue weighted by atomic mass is 10.1. The van der Waals surface area contributed by atoms with Crippen LogP contribution in [-0.2, 0) is 4.79 Å². The molecule has 0 saturated carbocycles. The van der Waals surface area contributed by atoms with Gasteiger partial charge >= 0.3 is 0 Å². The molecule has 0 saturated heterocycles. The second-order valence-electron chi connectivity index (χ2n) is 3.90. The first kappa shape index (κ1) is 13.4. The Morgan fingerprint density at radius 1 is 1.53 bits per heavy atom. The van der Waals surface area contributed by atoms with E-state index in [1.807, 2.05) is 30.5 Å². The molecule has 0 bridgehead atoms. The maximum atomic E-state index is 11.2. The minimum Gasteiger partial charge on any atom is -0.492 e. The van der Waals surface area contributed by atoms with E-state index < -0.39 is 0 Å². The summed E-state index contributed by atoms with van der Waals surface area (Å²) in [5, 5.41) is 5.15. The van der Waals surface area contributed by atoms with Crippen molar-refractivity contribution in [3.8, 4) is 17.0 Å². The summed E-state index contributed by atoms with van der Waals surface area (Å²) in [5.74, 6) is 0.501. The number of benzene rings is 1. The van der Waals surface area contributed by atoms with Crippen LogP contribution < -0.4 is 15.8 Å². The Kier molecular flexibility index (Phi) is 4.01. The van der Waals surface area contributed by atoms with Crippen molar-refractivity contribution in [1.82, 2.24) is 4.98 Å². The number of rotatable bonds is 4. The monoisotopic (exact) mass is 277 g/mol. The lowest BCUT2D eigenvalue weighted by Crippen LogP contribution is -2.08. The van der Waals surface area contributed by atoms with Crippen molar-refractivity contribution in [1.29, 1.82) is 0 Å². The molecule has 0 spiro atoms. The SMILES string of the molecule is CCOc1ccc(-c2csc(N)n2)cc1NC(C)=O. The van der Waals surface area contributed by atoms with Gasteiger partial charge in [0, 0.05) is 17.9 Å². The zero-order valence-corrected chi connectivity index (χ0v) is 11.6. The average Bonchev–Trinajstić information content (AvgIpc) is 2.78. The Labute approximate surface area is 115 Å². The standard InChI is InChI=1S/C13H15N3O2S/c1-3-18-12-5-4-9(6-10(12)15-8(2)17)11-7-19-13(14)16-11/h4-7H,3H2,1-2H3,(H2,14,16)(H,15,17). The molecule has 0 aliphatic heterocycles. The van der Waals surface area contributed by atoms with E-state index in [0.29, 0.717) is 23.2 Å². The van der Waals surface area contributed by atoms with Gasteiger partial charge in [-0.1, -0.05) is 0 Å². The molecule has 0 aliphatic carbocycles. The number of anilines is 2. The topological polar surface area (TPSA) is 77.2 Å². The summed E-state index contributed by atoms with van der Waals surface area (Å²) in [7, 11) is 0. The van der Waals surface area contributed by atoms with Gasteiger partial charge in [0.1, 0.15) is 5.75 Å². The molecule has 2 rings (SSSR count). The number of hydrogen-bond donors (Lipinski definition) is 2. The number of nitrogens with one attached hydrogen (secondary N) is 1. The Bertz CT molecular complexity index is 595. The van der Waals surface area contributed by atoms with E-state index in [1.165, 1.54) is 18.3 Å². The number of ether oxygens (including phenoxy) is 1. The zero-order chi connectivity index (χ0) is 13.8. The van der Waals surface area contributed by atoms with Gasteiger partial charge in [0.2, 0.25) is 5.91 Å².